The van der Waals surface area contributed by atoms with E-state index in [1.807, 2.05) is 0 Å². The summed E-state index contributed by atoms with van der Waals surface area (Å²) in [6.07, 6.45) is 2.05. The van der Waals surface area contributed by atoms with Crippen molar-refractivity contribution in [2.75, 3.05) is 18.8 Å². The minimum Gasteiger partial charge on any atom is -0.393 e. The number of benzene rings is 1. The van der Waals surface area contributed by atoms with Gasteiger partial charge in [-0.05, 0) is 30.7 Å². The summed E-state index contributed by atoms with van der Waals surface area (Å²) in [4.78, 5) is 24.6. The molecule has 22 heavy (non-hydrogen) atoms. The second-order valence-corrected chi connectivity index (χ2v) is 5.87. The van der Waals surface area contributed by atoms with Crippen LogP contribution in [0.2, 0.25) is 0 Å². The van der Waals surface area contributed by atoms with Gasteiger partial charge in [0.2, 0.25) is 0 Å². The summed E-state index contributed by atoms with van der Waals surface area (Å²) in [5.41, 5.74) is 11.8. The molecule has 0 aromatic heterocycles. The van der Waals surface area contributed by atoms with Gasteiger partial charge in [0, 0.05) is 25.2 Å². The van der Waals surface area contributed by atoms with Gasteiger partial charge in [0.1, 0.15) is 5.69 Å². The Hall–Kier alpha value is -1.86. The second-order valence-electron chi connectivity index (χ2n) is 5.87. The molecule has 3 rings (SSSR count). The quantitative estimate of drug-likeness (QED) is 0.484. The minimum absolute atomic E-state index is 0. The van der Waals surface area contributed by atoms with Crippen molar-refractivity contribution in [3.8, 4) is 0 Å². The lowest BCUT2D eigenvalue weighted by molar-refractivity contribution is -0.383. The van der Waals surface area contributed by atoms with E-state index in [2.05, 4.69) is 0 Å². The molecule has 1 heterocycles. The van der Waals surface area contributed by atoms with Crippen molar-refractivity contribution in [2.24, 2.45) is 17.6 Å². The number of nitro groups is 1. The van der Waals surface area contributed by atoms with Gasteiger partial charge < -0.3 is 16.4 Å². The number of fused-ring (bicyclic) bond motifs is 1. The third-order valence-electron chi connectivity index (χ3n) is 4.71. The number of anilines is 1. The van der Waals surface area contributed by atoms with Crippen LogP contribution < -0.4 is 11.5 Å². The zero-order chi connectivity index (χ0) is 15.1. The van der Waals surface area contributed by atoms with E-state index < -0.39 is 4.92 Å². The molecule has 1 aliphatic carbocycles. The fourth-order valence-electron chi connectivity index (χ4n) is 3.54. The van der Waals surface area contributed by atoms with Crippen LogP contribution in [-0.4, -0.2) is 34.9 Å². The molecule has 1 saturated heterocycles. The van der Waals surface area contributed by atoms with Crippen LogP contribution in [0.4, 0.5) is 11.4 Å². The van der Waals surface area contributed by atoms with Crippen molar-refractivity contribution < 1.29 is 9.72 Å². The van der Waals surface area contributed by atoms with Crippen LogP contribution in [0.25, 0.3) is 0 Å². The van der Waals surface area contributed by atoms with Gasteiger partial charge in [-0.15, -0.1) is 12.4 Å². The number of likely N-dealkylation sites (tertiary alicyclic amines) is 1. The molecule has 2 aliphatic rings. The lowest BCUT2D eigenvalue weighted by atomic mass is 9.98. The number of carbonyl (C=O) groups excluding carboxylic acids is 1. The minimum atomic E-state index is -0.569. The Morgan fingerprint density at radius 1 is 1.32 bits per heavy atom. The normalized spacial score (nSPS) is 26.4. The molecule has 2 fully saturated rings. The molecule has 3 unspecified atom stereocenters. The Labute approximate surface area is 134 Å². The van der Waals surface area contributed by atoms with Crippen LogP contribution in [0.5, 0.6) is 0 Å². The molecular formula is C14H19ClN4O3. The predicted octanol–water partition coefficient (Wildman–Crippen LogP) is 1.41. The lowest BCUT2D eigenvalue weighted by Crippen LogP contribution is -2.33. The Morgan fingerprint density at radius 3 is 2.68 bits per heavy atom. The lowest BCUT2D eigenvalue weighted by Gasteiger charge is -2.19. The van der Waals surface area contributed by atoms with E-state index in [1.165, 1.54) is 12.1 Å². The molecule has 1 amide bonds. The smallest absolute Gasteiger partial charge is 0.292 e. The van der Waals surface area contributed by atoms with Gasteiger partial charge in [0.25, 0.3) is 11.6 Å². The Bertz CT molecular complexity index is 610. The molecule has 0 spiro atoms. The number of nitrogens with zero attached hydrogens (tertiary/aromatic N) is 2. The summed E-state index contributed by atoms with van der Waals surface area (Å²) in [7, 11) is 0. The average Bonchev–Trinajstić information content (AvgIpc) is 3.01. The van der Waals surface area contributed by atoms with Gasteiger partial charge in [-0.3, -0.25) is 14.9 Å². The fourth-order valence-corrected chi connectivity index (χ4v) is 3.54. The van der Waals surface area contributed by atoms with E-state index in [0.717, 1.165) is 12.8 Å². The van der Waals surface area contributed by atoms with Crippen molar-refractivity contribution in [1.29, 1.82) is 0 Å². The topological polar surface area (TPSA) is 115 Å². The summed E-state index contributed by atoms with van der Waals surface area (Å²) < 4.78 is 0. The van der Waals surface area contributed by atoms with E-state index >= 15 is 0 Å². The first-order chi connectivity index (χ1) is 9.99. The highest BCUT2D eigenvalue weighted by molar-refractivity contribution is 6.01. The van der Waals surface area contributed by atoms with Gasteiger partial charge in [0.05, 0.1) is 10.5 Å². The first-order valence-corrected chi connectivity index (χ1v) is 7.06. The number of hydrogen-bond acceptors (Lipinski definition) is 5. The van der Waals surface area contributed by atoms with Gasteiger partial charge in [-0.1, -0.05) is 6.07 Å². The maximum atomic E-state index is 12.6. The van der Waals surface area contributed by atoms with Crippen molar-refractivity contribution in [1.82, 2.24) is 4.90 Å². The average molecular weight is 327 g/mol. The molecule has 1 aliphatic heterocycles. The molecule has 8 heteroatoms. The molecule has 1 saturated carbocycles. The number of carbonyl (C=O) groups is 1. The molecule has 0 bridgehead atoms. The van der Waals surface area contributed by atoms with E-state index in [4.69, 9.17) is 11.5 Å². The molecule has 1 aromatic carbocycles. The van der Waals surface area contributed by atoms with E-state index in [0.29, 0.717) is 24.9 Å². The molecule has 7 nitrogen and oxygen atoms in total. The second kappa shape index (κ2) is 6.10. The highest BCUT2D eigenvalue weighted by atomic mass is 35.5. The van der Waals surface area contributed by atoms with Crippen LogP contribution in [0.3, 0.4) is 0 Å². The van der Waals surface area contributed by atoms with Crippen molar-refractivity contribution in [2.45, 2.75) is 18.9 Å². The number of nitrogens with two attached hydrogens (primary N) is 2. The van der Waals surface area contributed by atoms with Gasteiger partial charge >= 0.3 is 0 Å². The molecule has 4 N–H and O–H groups in total. The summed E-state index contributed by atoms with van der Waals surface area (Å²) >= 11 is 0. The van der Waals surface area contributed by atoms with Gasteiger partial charge in [-0.25, -0.2) is 0 Å². The first kappa shape index (κ1) is 16.5. The number of nitrogen functional groups attached to an aromatic ring is 1. The Balaban J connectivity index is 0.00000176. The van der Waals surface area contributed by atoms with Crippen LogP contribution in [-0.2, 0) is 0 Å². The summed E-state index contributed by atoms with van der Waals surface area (Å²) in [6, 6.07) is 4.49. The Morgan fingerprint density at radius 2 is 2.05 bits per heavy atom. The SMILES string of the molecule is Cl.Nc1c(C(=O)N2CC3CCC(N)C3C2)cccc1[N+](=O)[O-]. The Kier molecular flexibility index (Phi) is 4.58. The van der Waals surface area contributed by atoms with Crippen LogP contribution in [0.15, 0.2) is 18.2 Å². The molecule has 120 valence electrons. The van der Waals surface area contributed by atoms with Crippen LogP contribution >= 0.6 is 12.4 Å². The molecule has 1 aromatic rings. The molecule has 3 atom stereocenters. The van der Waals surface area contributed by atoms with E-state index in [1.54, 1.807) is 11.0 Å². The predicted molar refractivity (Wildman–Crippen MR) is 84.8 cm³/mol. The largest absolute Gasteiger partial charge is 0.393 e. The first-order valence-electron chi connectivity index (χ1n) is 7.06. The van der Waals surface area contributed by atoms with Crippen LogP contribution in [0.1, 0.15) is 23.2 Å². The summed E-state index contributed by atoms with van der Waals surface area (Å²) in [5.74, 6) is 0.551. The van der Waals surface area contributed by atoms with Crippen LogP contribution in [0, 0.1) is 22.0 Å². The van der Waals surface area contributed by atoms with Crippen molar-refractivity contribution in [3.05, 3.63) is 33.9 Å². The molecule has 0 radical (unpaired) electrons. The number of nitro benzene ring substituents is 1. The highest BCUT2D eigenvalue weighted by Gasteiger charge is 2.43. The standard InChI is InChI=1S/C14H18N4O3.ClH/c15-11-5-4-8-6-17(7-10(8)11)14(19)9-2-1-3-12(13(9)16)18(20)21;/h1-3,8,10-11H,4-7,15-16H2;1H. The number of amides is 1. The maximum Gasteiger partial charge on any atom is 0.292 e. The zero-order valence-corrected chi connectivity index (χ0v) is 12.8. The number of halogens is 1. The number of rotatable bonds is 2. The molecular weight excluding hydrogens is 308 g/mol. The van der Waals surface area contributed by atoms with E-state index in [-0.39, 0.29) is 41.3 Å². The summed E-state index contributed by atoms with van der Waals surface area (Å²) in [5, 5.41) is 10.9. The summed E-state index contributed by atoms with van der Waals surface area (Å²) in [6.45, 7) is 1.28. The maximum absolute atomic E-state index is 12.6. The van der Waals surface area contributed by atoms with E-state index in [9.17, 15) is 14.9 Å². The van der Waals surface area contributed by atoms with Crippen molar-refractivity contribution >= 4 is 29.7 Å². The van der Waals surface area contributed by atoms with Crippen molar-refractivity contribution in [3.63, 3.8) is 0 Å². The number of hydrogen-bond donors (Lipinski definition) is 2. The van der Waals surface area contributed by atoms with Gasteiger partial charge in [0.15, 0.2) is 0 Å². The fraction of sp³-hybridized carbons (Fsp3) is 0.500. The number of para-hydroxylation sites is 1. The zero-order valence-electron chi connectivity index (χ0n) is 12.0. The highest BCUT2D eigenvalue weighted by Crippen LogP contribution is 2.38. The van der Waals surface area contributed by atoms with Gasteiger partial charge in [-0.2, -0.15) is 0 Å². The third-order valence-corrected chi connectivity index (χ3v) is 4.71. The monoisotopic (exact) mass is 326 g/mol. The third kappa shape index (κ3) is 2.62.